The van der Waals surface area contributed by atoms with E-state index in [1.165, 1.54) is 11.1 Å². The normalized spacial score (nSPS) is 12.5. The molecule has 0 radical (unpaired) electrons. The first-order valence-corrected chi connectivity index (χ1v) is 7.57. The maximum absolute atomic E-state index is 11.7. The third-order valence-corrected chi connectivity index (χ3v) is 4.01. The van der Waals surface area contributed by atoms with Gasteiger partial charge in [0.15, 0.2) is 0 Å². The van der Waals surface area contributed by atoms with Crippen molar-refractivity contribution in [3.8, 4) is 0 Å². The molecule has 3 heteroatoms. The summed E-state index contributed by atoms with van der Waals surface area (Å²) in [7, 11) is 0. The number of carbonyl (C=O) groups is 1. The van der Waals surface area contributed by atoms with Gasteiger partial charge in [0.1, 0.15) is 0 Å². The maximum Gasteiger partial charge on any atom is 0.230 e. The van der Waals surface area contributed by atoms with Crippen LogP contribution < -0.4 is 5.32 Å². The Labute approximate surface area is 115 Å². The molecule has 1 aromatic carbocycles. The van der Waals surface area contributed by atoms with Crippen molar-refractivity contribution >= 4 is 17.7 Å². The van der Waals surface area contributed by atoms with Crippen LogP contribution in [-0.2, 0) is 10.5 Å². The highest BCUT2D eigenvalue weighted by atomic mass is 32.2. The zero-order chi connectivity index (χ0) is 13.5. The van der Waals surface area contributed by atoms with Crippen LogP contribution in [0.2, 0.25) is 0 Å². The minimum atomic E-state index is 0.133. The van der Waals surface area contributed by atoms with Gasteiger partial charge in [0.25, 0.3) is 0 Å². The van der Waals surface area contributed by atoms with Crippen molar-refractivity contribution in [3.63, 3.8) is 0 Å². The summed E-state index contributed by atoms with van der Waals surface area (Å²) in [5, 5.41) is 3.01. The lowest BCUT2D eigenvalue weighted by molar-refractivity contribution is -0.119. The summed E-state index contributed by atoms with van der Waals surface area (Å²) < 4.78 is 0. The van der Waals surface area contributed by atoms with Crippen LogP contribution in [0.5, 0.6) is 0 Å². The van der Waals surface area contributed by atoms with E-state index in [0.29, 0.717) is 11.7 Å². The third-order valence-electron chi connectivity index (χ3n) is 3.01. The second-order valence-electron chi connectivity index (χ2n) is 5.08. The van der Waals surface area contributed by atoms with Gasteiger partial charge in [-0.25, -0.2) is 0 Å². The third kappa shape index (κ3) is 5.58. The van der Waals surface area contributed by atoms with Gasteiger partial charge in [-0.3, -0.25) is 4.79 Å². The van der Waals surface area contributed by atoms with Crippen molar-refractivity contribution in [2.24, 2.45) is 5.92 Å². The van der Waals surface area contributed by atoms with Crippen molar-refractivity contribution in [2.75, 3.05) is 5.75 Å². The molecule has 100 valence electrons. The lowest BCUT2D eigenvalue weighted by Crippen LogP contribution is -2.37. The largest absolute Gasteiger partial charge is 0.353 e. The highest BCUT2D eigenvalue weighted by Gasteiger charge is 2.10. The van der Waals surface area contributed by atoms with Crippen molar-refractivity contribution < 1.29 is 4.79 Å². The van der Waals surface area contributed by atoms with E-state index in [-0.39, 0.29) is 11.9 Å². The zero-order valence-electron chi connectivity index (χ0n) is 11.7. The van der Waals surface area contributed by atoms with Crippen LogP contribution in [0, 0.1) is 12.8 Å². The van der Waals surface area contributed by atoms with E-state index in [1.54, 1.807) is 11.8 Å². The van der Waals surface area contributed by atoms with Gasteiger partial charge in [0, 0.05) is 11.8 Å². The van der Waals surface area contributed by atoms with Gasteiger partial charge in [-0.05, 0) is 25.3 Å². The summed E-state index contributed by atoms with van der Waals surface area (Å²) in [6.07, 6.45) is 0. The predicted octanol–water partition coefficient (Wildman–Crippen LogP) is 3.39. The Balaban J connectivity index is 2.25. The van der Waals surface area contributed by atoms with Crippen molar-refractivity contribution in [2.45, 2.75) is 39.5 Å². The molecule has 0 saturated carbocycles. The molecule has 1 N–H and O–H groups in total. The monoisotopic (exact) mass is 265 g/mol. The van der Waals surface area contributed by atoms with E-state index in [0.717, 1.165) is 5.75 Å². The molecule has 1 unspecified atom stereocenters. The molecule has 1 atom stereocenters. The van der Waals surface area contributed by atoms with Gasteiger partial charge in [-0.15, -0.1) is 11.8 Å². The number of hydrogen-bond donors (Lipinski definition) is 1. The number of thioether (sulfide) groups is 1. The molecule has 1 rings (SSSR count). The van der Waals surface area contributed by atoms with Crippen LogP contribution in [0.25, 0.3) is 0 Å². The van der Waals surface area contributed by atoms with Gasteiger partial charge >= 0.3 is 0 Å². The Hall–Kier alpha value is -0.960. The molecule has 18 heavy (non-hydrogen) atoms. The van der Waals surface area contributed by atoms with Gasteiger partial charge in [0.2, 0.25) is 5.91 Å². The highest BCUT2D eigenvalue weighted by Crippen LogP contribution is 2.13. The Morgan fingerprint density at radius 2 is 1.83 bits per heavy atom. The fraction of sp³-hybridized carbons (Fsp3) is 0.533. The lowest BCUT2D eigenvalue weighted by atomic mass is 10.1. The second kappa shape index (κ2) is 7.47. The first-order chi connectivity index (χ1) is 8.49. The van der Waals surface area contributed by atoms with Gasteiger partial charge < -0.3 is 5.32 Å². The standard InChI is InChI=1S/C15H23NOS/c1-11(2)13(4)16-15(17)10-18-9-14-7-5-12(3)6-8-14/h5-8,11,13H,9-10H2,1-4H3,(H,16,17). The molecule has 0 aliphatic heterocycles. The molecular formula is C15H23NOS. The number of amides is 1. The summed E-state index contributed by atoms with van der Waals surface area (Å²) in [6, 6.07) is 8.71. The second-order valence-corrected chi connectivity index (χ2v) is 6.06. The number of aryl methyl sites for hydroxylation is 1. The van der Waals surface area contributed by atoms with Gasteiger partial charge in [0.05, 0.1) is 5.75 Å². The molecule has 1 aromatic rings. The van der Waals surface area contributed by atoms with Crippen molar-refractivity contribution in [1.29, 1.82) is 0 Å². The van der Waals surface area contributed by atoms with E-state index in [4.69, 9.17) is 0 Å². The van der Waals surface area contributed by atoms with Crippen LogP contribution in [0.4, 0.5) is 0 Å². The molecule has 0 heterocycles. The van der Waals surface area contributed by atoms with Crippen molar-refractivity contribution in [3.05, 3.63) is 35.4 Å². The fourth-order valence-corrected chi connectivity index (χ4v) is 2.21. The van der Waals surface area contributed by atoms with E-state index in [1.807, 2.05) is 6.92 Å². The van der Waals surface area contributed by atoms with Gasteiger partial charge in [-0.1, -0.05) is 43.7 Å². The van der Waals surface area contributed by atoms with Crippen LogP contribution in [-0.4, -0.2) is 17.7 Å². The summed E-state index contributed by atoms with van der Waals surface area (Å²) >= 11 is 1.66. The molecule has 0 spiro atoms. The fourth-order valence-electron chi connectivity index (χ4n) is 1.41. The maximum atomic E-state index is 11.7. The molecular weight excluding hydrogens is 242 g/mol. The van der Waals surface area contributed by atoms with Crippen LogP contribution in [0.1, 0.15) is 31.9 Å². The average Bonchev–Trinajstić information content (AvgIpc) is 2.31. The summed E-state index contributed by atoms with van der Waals surface area (Å²) in [6.45, 7) is 8.36. The quantitative estimate of drug-likeness (QED) is 0.854. The summed E-state index contributed by atoms with van der Waals surface area (Å²) in [5.74, 6) is 2.04. The number of rotatable bonds is 6. The van der Waals surface area contributed by atoms with Crippen molar-refractivity contribution in [1.82, 2.24) is 5.32 Å². The molecule has 0 aliphatic rings. The van der Waals surface area contributed by atoms with E-state index >= 15 is 0 Å². The molecule has 0 bridgehead atoms. The summed E-state index contributed by atoms with van der Waals surface area (Å²) in [5.41, 5.74) is 2.54. The molecule has 0 fully saturated rings. The lowest BCUT2D eigenvalue weighted by Gasteiger charge is -2.17. The first-order valence-electron chi connectivity index (χ1n) is 6.41. The number of nitrogens with one attached hydrogen (secondary N) is 1. The number of benzene rings is 1. The first kappa shape index (κ1) is 15.1. The smallest absolute Gasteiger partial charge is 0.230 e. The SMILES string of the molecule is Cc1ccc(CSCC(=O)NC(C)C(C)C)cc1. The van der Waals surface area contributed by atoms with Gasteiger partial charge in [-0.2, -0.15) is 0 Å². The molecule has 0 aliphatic carbocycles. The van der Waals surface area contributed by atoms with Crippen LogP contribution in [0.15, 0.2) is 24.3 Å². The minimum absolute atomic E-state index is 0.133. The Morgan fingerprint density at radius 1 is 1.22 bits per heavy atom. The molecule has 0 aromatic heterocycles. The van der Waals surface area contributed by atoms with Crippen LogP contribution in [0.3, 0.4) is 0 Å². The topological polar surface area (TPSA) is 29.1 Å². The number of hydrogen-bond acceptors (Lipinski definition) is 2. The highest BCUT2D eigenvalue weighted by molar-refractivity contribution is 7.99. The molecule has 0 saturated heterocycles. The molecule has 2 nitrogen and oxygen atoms in total. The minimum Gasteiger partial charge on any atom is -0.353 e. The predicted molar refractivity (Wildman–Crippen MR) is 79.8 cm³/mol. The van der Waals surface area contributed by atoms with Crippen LogP contribution >= 0.6 is 11.8 Å². The van der Waals surface area contributed by atoms with E-state index < -0.39 is 0 Å². The molecule has 1 amide bonds. The Bertz CT molecular complexity index is 373. The zero-order valence-corrected chi connectivity index (χ0v) is 12.5. The average molecular weight is 265 g/mol. The van der Waals surface area contributed by atoms with E-state index in [9.17, 15) is 4.79 Å². The van der Waals surface area contributed by atoms with E-state index in [2.05, 4.69) is 50.4 Å². The Morgan fingerprint density at radius 3 is 2.39 bits per heavy atom. The number of carbonyl (C=O) groups excluding carboxylic acids is 1. The summed E-state index contributed by atoms with van der Waals surface area (Å²) in [4.78, 5) is 11.7. The Kier molecular flexibility index (Phi) is 6.27.